The Hall–Kier alpha value is -2.42. The highest BCUT2D eigenvalue weighted by atomic mass is 79.9. The predicted molar refractivity (Wildman–Crippen MR) is 89.8 cm³/mol. The number of fused-ring (bicyclic) bond motifs is 1. The largest absolute Gasteiger partial charge is 0.492 e. The minimum atomic E-state index is -0.452. The summed E-state index contributed by atoms with van der Waals surface area (Å²) in [6.07, 6.45) is 0. The van der Waals surface area contributed by atoms with Gasteiger partial charge in [0.15, 0.2) is 15.9 Å². The molecule has 3 rings (SSSR count). The van der Waals surface area contributed by atoms with E-state index >= 15 is 0 Å². The van der Waals surface area contributed by atoms with E-state index in [2.05, 4.69) is 20.9 Å². The standard InChI is InChI=1S/C15H14BrFN4O3/c1-19-12-11(13(22)20(2)15(19)23)18-14(16)21(12)7-8-24-10-5-3-9(17)4-6-10/h3-6H,7-8H2,1-2H3. The smallest absolute Gasteiger partial charge is 0.332 e. The van der Waals surface area contributed by atoms with Crippen LogP contribution in [0.1, 0.15) is 0 Å². The molecule has 7 nitrogen and oxygen atoms in total. The van der Waals surface area contributed by atoms with Crippen LogP contribution in [0.2, 0.25) is 0 Å². The second-order valence-electron chi connectivity index (χ2n) is 5.21. The molecule has 0 radical (unpaired) electrons. The molecule has 0 unspecified atom stereocenters. The van der Waals surface area contributed by atoms with Gasteiger partial charge in [0.1, 0.15) is 18.2 Å². The first kappa shape index (κ1) is 16.4. The zero-order valence-electron chi connectivity index (χ0n) is 13.0. The molecule has 0 N–H and O–H groups in total. The topological polar surface area (TPSA) is 71.0 Å². The second-order valence-corrected chi connectivity index (χ2v) is 5.92. The van der Waals surface area contributed by atoms with Gasteiger partial charge in [-0.15, -0.1) is 0 Å². The van der Waals surface area contributed by atoms with E-state index in [1.165, 1.54) is 35.9 Å². The van der Waals surface area contributed by atoms with Crippen LogP contribution in [0, 0.1) is 5.82 Å². The van der Waals surface area contributed by atoms with Gasteiger partial charge >= 0.3 is 5.69 Å². The van der Waals surface area contributed by atoms with Crippen LogP contribution in [-0.4, -0.2) is 25.3 Å². The number of halogens is 2. The molecule has 0 aliphatic rings. The molecule has 0 spiro atoms. The number of benzene rings is 1. The van der Waals surface area contributed by atoms with Gasteiger partial charge in [-0.05, 0) is 40.2 Å². The Balaban J connectivity index is 1.92. The lowest BCUT2D eigenvalue weighted by atomic mass is 10.3. The van der Waals surface area contributed by atoms with E-state index in [4.69, 9.17) is 4.74 Å². The van der Waals surface area contributed by atoms with Crippen LogP contribution in [0.5, 0.6) is 5.75 Å². The number of hydrogen-bond acceptors (Lipinski definition) is 4. The lowest BCUT2D eigenvalue weighted by molar-refractivity contribution is 0.298. The summed E-state index contributed by atoms with van der Waals surface area (Å²) in [4.78, 5) is 28.5. The van der Waals surface area contributed by atoms with Crippen molar-refractivity contribution in [2.24, 2.45) is 14.1 Å². The Labute approximate surface area is 144 Å². The van der Waals surface area contributed by atoms with E-state index in [1.807, 2.05) is 0 Å². The van der Waals surface area contributed by atoms with E-state index < -0.39 is 11.2 Å². The summed E-state index contributed by atoms with van der Waals surface area (Å²) in [7, 11) is 2.99. The quantitative estimate of drug-likeness (QED) is 0.625. The van der Waals surface area contributed by atoms with Crippen molar-refractivity contribution in [1.82, 2.24) is 18.7 Å². The van der Waals surface area contributed by atoms with Gasteiger partial charge in [-0.3, -0.25) is 13.9 Å². The molecule has 1 aromatic carbocycles. The number of aryl methyl sites for hydroxylation is 1. The fourth-order valence-electron chi connectivity index (χ4n) is 2.45. The first-order valence-corrected chi connectivity index (χ1v) is 7.89. The number of imidazole rings is 1. The number of hydrogen-bond donors (Lipinski definition) is 0. The van der Waals surface area contributed by atoms with Crippen molar-refractivity contribution in [2.75, 3.05) is 6.61 Å². The fraction of sp³-hybridized carbons (Fsp3) is 0.267. The molecule has 0 fully saturated rings. The van der Waals surface area contributed by atoms with Crippen LogP contribution in [0.15, 0.2) is 38.6 Å². The molecule has 2 heterocycles. The normalized spacial score (nSPS) is 11.2. The van der Waals surface area contributed by atoms with Crippen LogP contribution in [-0.2, 0) is 20.6 Å². The van der Waals surface area contributed by atoms with Crippen molar-refractivity contribution in [3.63, 3.8) is 0 Å². The predicted octanol–water partition coefficient (Wildman–Crippen LogP) is 1.41. The van der Waals surface area contributed by atoms with Crippen molar-refractivity contribution < 1.29 is 9.13 Å². The van der Waals surface area contributed by atoms with Crippen molar-refractivity contribution >= 4 is 27.1 Å². The van der Waals surface area contributed by atoms with E-state index in [9.17, 15) is 14.0 Å². The lowest BCUT2D eigenvalue weighted by Crippen LogP contribution is -2.37. The van der Waals surface area contributed by atoms with Crippen molar-refractivity contribution in [2.45, 2.75) is 6.54 Å². The Bertz CT molecular complexity index is 1020. The molecule has 0 atom stereocenters. The molecule has 3 aromatic rings. The third-order valence-corrected chi connectivity index (χ3v) is 4.30. The van der Waals surface area contributed by atoms with Gasteiger partial charge in [0.25, 0.3) is 5.56 Å². The van der Waals surface area contributed by atoms with Gasteiger partial charge < -0.3 is 9.30 Å². The summed E-state index contributed by atoms with van der Waals surface area (Å²) >= 11 is 3.31. The Morgan fingerprint density at radius 3 is 2.50 bits per heavy atom. The highest BCUT2D eigenvalue weighted by molar-refractivity contribution is 9.10. The van der Waals surface area contributed by atoms with Crippen molar-refractivity contribution in [1.29, 1.82) is 0 Å². The average molecular weight is 397 g/mol. The van der Waals surface area contributed by atoms with Crippen molar-refractivity contribution in [3.8, 4) is 5.75 Å². The van der Waals surface area contributed by atoms with Gasteiger partial charge in [0.05, 0.1) is 6.54 Å². The summed E-state index contributed by atoms with van der Waals surface area (Å²) < 4.78 is 22.9. The van der Waals surface area contributed by atoms with Crippen molar-refractivity contribution in [3.05, 3.63) is 55.7 Å². The monoisotopic (exact) mass is 396 g/mol. The molecular weight excluding hydrogens is 383 g/mol. The maximum Gasteiger partial charge on any atom is 0.332 e. The second kappa shape index (κ2) is 6.23. The molecule has 0 saturated heterocycles. The summed E-state index contributed by atoms with van der Waals surface area (Å²) in [5.41, 5.74) is -0.265. The first-order chi connectivity index (χ1) is 11.4. The lowest BCUT2D eigenvalue weighted by Gasteiger charge is -2.10. The first-order valence-electron chi connectivity index (χ1n) is 7.10. The van der Waals surface area contributed by atoms with E-state index in [0.29, 0.717) is 22.7 Å². The Morgan fingerprint density at radius 1 is 1.17 bits per heavy atom. The maximum absolute atomic E-state index is 12.9. The molecule has 24 heavy (non-hydrogen) atoms. The van der Waals surface area contributed by atoms with E-state index in [0.717, 1.165) is 4.57 Å². The number of nitrogens with zero attached hydrogens (tertiary/aromatic N) is 4. The number of rotatable bonds is 4. The van der Waals surface area contributed by atoms with Crippen LogP contribution >= 0.6 is 15.9 Å². The maximum atomic E-state index is 12.9. The highest BCUT2D eigenvalue weighted by Gasteiger charge is 2.17. The van der Waals surface area contributed by atoms with Gasteiger partial charge in [-0.2, -0.15) is 0 Å². The molecule has 0 amide bonds. The van der Waals surface area contributed by atoms with E-state index in [-0.39, 0.29) is 17.9 Å². The minimum absolute atomic E-state index is 0.202. The number of aromatic nitrogens is 4. The van der Waals surface area contributed by atoms with Gasteiger partial charge in [-0.25, -0.2) is 14.2 Å². The molecule has 2 aromatic heterocycles. The molecule has 126 valence electrons. The Morgan fingerprint density at radius 2 is 1.83 bits per heavy atom. The van der Waals surface area contributed by atoms with Crippen LogP contribution in [0.25, 0.3) is 11.2 Å². The summed E-state index contributed by atoms with van der Waals surface area (Å²) in [5.74, 6) is 0.193. The van der Waals surface area contributed by atoms with Crippen LogP contribution in [0.4, 0.5) is 4.39 Å². The molecule has 0 aliphatic carbocycles. The molecule has 9 heteroatoms. The molecule has 0 aliphatic heterocycles. The van der Waals surface area contributed by atoms with Gasteiger partial charge in [0.2, 0.25) is 0 Å². The molecule has 0 bridgehead atoms. The SMILES string of the molecule is Cn1c(=O)c2nc(Br)n(CCOc3ccc(F)cc3)c2n(C)c1=O. The molecular formula is C15H14BrFN4O3. The highest BCUT2D eigenvalue weighted by Crippen LogP contribution is 2.17. The van der Waals surface area contributed by atoms with Crippen LogP contribution in [0.3, 0.4) is 0 Å². The van der Waals surface area contributed by atoms with Gasteiger partial charge in [0, 0.05) is 14.1 Å². The zero-order chi connectivity index (χ0) is 17.4. The molecule has 0 saturated carbocycles. The minimum Gasteiger partial charge on any atom is -0.492 e. The third kappa shape index (κ3) is 2.75. The van der Waals surface area contributed by atoms with E-state index in [1.54, 1.807) is 11.6 Å². The summed E-state index contributed by atoms with van der Waals surface area (Å²) in [5, 5.41) is 0. The van der Waals surface area contributed by atoms with Crippen LogP contribution < -0.4 is 16.0 Å². The summed E-state index contributed by atoms with van der Waals surface area (Å²) in [6.45, 7) is 0.619. The number of ether oxygens (including phenoxy) is 1. The Kier molecular flexibility index (Phi) is 4.27. The summed E-state index contributed by atoms with van der Waals surface area (Å²) in [6, 6.07) is 5.68. The van der Waals surface area contributed by atoms with Gasteiger partial charge in [-0.1, -0.05) is 0 Å². The zero-order valence-corrected chi connectivity index (χ0v) is 14.6. The fourth-order valence-corrected chi connectivity index (χ4v) is 2.97. The average Bonchev–Trinajstić information content (AvgIpc) is 2.90. The third-order valence-electron chi connectivity index (χ3n) is 3.69.